The van der Waals surface area contributed by atoms with Crippen molar-refractivity contribution in [1.29, 1.82) is 0 Å². The Morgan fingerprint density at radius 3 is 2.57 bits per heavy atom. The molecule has 35 heavy (non-hydrogen) atoms. The van der Waals surface area contributed by atoms with Crippen molar-refractivity contribution < 1.29 is 26.4 Å². The number of rotatable bonds is 7. The Hall–Kier alpha value is -1.08. The Balaban J connectivity index is 1.87. The van der Waals surface area contributed by atoms with Crippen molar-refractivity contribution in [2.45, 2.75) is 47.9 Å². The van der Waals surface area contributed by atoms with Gasteiger partial charge in [-0.15, -0.1) is 0 Å². The van der Waals surface area contributed by atoms with E-state index in [9.17, 15) is 26.4 Å². The summed E-state index contributed by atoms with van der Waals surface area (Å²) in [6.45, 7) is 2.63. The number of halogens is 6. The summed E-state index contributed by atoms with van der Waals surface area (Å²) in [6, 6.07) is 6.18. The van der Waals surface area contributed by atoms with Crippen LogP contribution in [0.3, 0.4) is 0 Å². The molecule has 1 fully saturated rings. The van der Waals surface area contributed by atoms with Gasteiger partial charge >= 0.3 is 6.18 Å². The maximum atomic E-state index is 13.9. The number of amides is 1. The third-order valence-corrected chi connectivity index (χ3v) is 9.19. The smallest absolute Gasteiger partial charge is 0.348 e. The topological polar surface area (TPSA) is 66.5 Å². The van der Waals surface area contributed by atoms with E-state index in [0.29, 0.717) is 17.0 Å². The Kier molecular flexibility index (Phi) is 9.39. The van der Waals surface area contributed by atoms with E-state index in [0.717, 1.165) is 18.9 Å². The van der Waals surface area contributed by atoms with Crippen molar-refractivity contribution >= 4 is 61.5 Å². The molecular weight excluding hydrogens is 639 g/mol. The van der Waals surface area contributed by atoms with Crippen molar-refractivity contribution in [3.05, 3.63) is 62.6 Å². The van der Waals surface area contributed by atoms with Crippen LogP contribution in [-0.4, -0.2) is 42.0 Å². The number of hydrogen-bond donors (Lipinski definition) is 1. The average Bonchev–Trinajstić information content (AvgIpc) is 2.77. The van der Waals surface area contributed by atoms with Crippen LogP contribution in [0.15, 0.2) is 35.2 Å². The van der Waals surface area contributed by atoms with Crippen LogP contribution < -0.4 is 5.32 Å². The van der Waals surface area contributed by atoms with Crippen LogP contribution in [0.1, 0.15) is 46.8 Å². The molecule has 3 rings (SSSR count). The highest BCUT2D eigenvalue weighted by Crippen LogP contribution is 2.37. The summed E-state index contributed by atoms with van der Waals surface area (Å²) in [5, 5.41) is 2.62. The largest absolute Gasteiger partial charge is 0.416 e. The van der Waals surface area contributed by atoms with Crippen molar-refractivity contribution in [3.63, 3.8) is 0 Å². The van der Waals surface area contributed by atoms with Crippen molar-refractivity contribution in [2.75, 3.05) is 18.8 Å². The van der Waals surface area contributed by atoms with Gasteiger partial charge in [0.15, 0.2) is 9.84 Å². The minimum absolute atomic E-state index is 0.00385. The molecule has 1 saturated heterocycles. The molecule has 1 amide bonds. The van der Waals surface area contributed by atoms with E-state index < -0.39 is 27.5 Å². The van der Waals surface area contributed by atoms with Gasteiger partial charge in [-0.25, -0.2) is 8.42 Å². The molecule has 2 aromatic carbocycles. The molecule has 2 aromatic rings. The predicted octanol–water partition coefficient (Wildman–Crippen LogP) is 6.14. The highest BCUT2D eigenvalue weighted by Gasteiger charge is 2.36. The lowest BCUT2D eigenvalue weighted by Gasteiger charge is -2.31. The number of nitrogens with one attached hydrogen (secondary N) is 1. The molecule has 192 valence electrons. The van der Waals surface area contributed by atoms with E-state index in [1.165, 1.54) is 31.2 Å². The van der Waals surface area contributed by atoms with Gasteiger partial charge in [0.25, 0.3) is 5.91 Å². The number of likely N-dealkylation sites (tertiary alicyclic amines) is 1. The second-order valence-electron chi connectivity index (χ2n) is 8.29. The lowest BCUT2D eigenvalue weighted by atomic mass is 10.0. The quantitative estimate of drug-likeness (QED) is 0.286. The number of alkyl halides is 4. The summed E-state index contributed by atoms with van der Waals surface area (Å²) in [7, 11) is -3.60. The molecule has 1 heterocycles. The van der Waals surface area contributed by atoms with E-state index in [1.807, 2.05) is 4.90 Å². The van der Waals surface area contributed by atoms with Crippen molar-refractivity contribution in [1.82, 2.24) is 10.2 Å². The zero-order chi connectivity index (χ0) is 26.0. The maximum absolute atomic E-state index is 13.9. The van der Waals surface area contributed by atoms with Crippen LogP contribution in [0.4, 0.5) is 13.2 Å². The fraction of sp³-hybridized carbons (Fsp3) is 0.435. The fourth-order valence-electron chi connectivity index (χ4n) is 3.97. The molecule has 12 heteroatoms. The lowest BCUT2D eigenvalue weighted by Crippen LogP contribution is -2.35. The van der Waals surface area contributed by atoms with Gasteiger partial charge < -0.3 is 5.32 Å². The Labute approximate surface area is 226 Å². The van der Waals surface area contributed by atoms with Gasteiger partial charge in [0, 0.05) is 39.2 Å². The number of piperidine rings is 1. The predicted molar refractivity (Wildman–Crippen MR) is 139 cm³/mol. The molecule has 1 aliphatic rings. The summed E-state index contributed by atoms with van der Waals surface area (Å²) in [4.78, 5) is 14.7. The van der Waals surface area contributed by atoms with Crippen LogP contribution >= 0.6 is 45.8 Å². The second kappa shape index (κ2) is 11.5. The molecule has 0 saturated carbocycles. The molecule has 0 bridgehead atoms. The summed E-state index contributed by atoms with van der Waals surface area (Å²) < 4.78 is 66.9. The molecule has 0 aliphatic carbocycles. The zero-order valence-electron chi connectivity index (χ0n) is 18.8. The molecule has 1 N–H and O–H groups in total. The van der Waals surface area contributed by atoms with Crippen LogP contribution in [0.25, 0.3) is 0 Å². The fourth-order valence-corrected chi connectivity index (χ4v) is 6.56. The molecule has 5 nitrogen and oxygen atoms in total. The minimum Gasteiger partial charge on any atom is -0.348 e. The number of sulfone groups is 1. The SMILES string of the molecule is CCS(=O)(=O)c1ccc(Cl)cc1CNC(=O)c1cc(Cl)c(CN2CCC[C@H](I)C2)c(C(F)(F)F)c1. The number of carbonyl (C=O) groups excluding carboxylic acids is 1. The molecule has 0 unspecified atom stereocenters. The molecule has 0 spiro atoms. The van der Waals surface area contributed by atoms with Crippen molar-refractivity contribution in [2.24, 2.45) is 0 Å². The molecule has 1 atom stereocenters. The Bertz CT molecular complexity index is 1210. The minimum atomic E-state index is -4.70. The molecular formula is C23H24Cl2F3IN2O3S. The number of carbonyl (C=O) groups is 1. The van der Waals surface area contributed by atoms with Crippen molar-refractivity contribution in [3.8, 4) is 0 Å². The highest BCUT2D eigenvalue weighted by atomic mass is 127. The summed E-state index contributed by atoms with van der Waals surface area (Å²) in [6.07, 6.45) is -2.79. The van der Waals surface area contributed by atoms with E-state index in [1.54, 1.807) is 0 Å². The molecule has 0 radical (unpaired) electrons. The van der Waals surface area contributed by atoms with E-state index in [2.05, 4.69) is 27.9 Å². The number of hydrogen-bond acceptors (Lipinski definition) is 4. The van der Waals surface area contributed by atoms with Crippen LogP contribution in [0.2, 0.25) is 10.0 Å². The van der Waals surface area contributed by atoms with Gasteiger partial charge in [-0.2, -0.15) is 13.2 Å². The Morgan fingerprint density at radius 1 is 1.23 bits per heavy atom. The lowest BCUT2D eigenvalue weighted by molar-refractivity contribution is -0.138. The first-order chi connectivity index (χ1) is 16.3. The highest BCUT2D eigenvalue weighted by molar-refractivity contribution is 14.1. The Morgan fingerprint density at radius 2 is 1.94 bits per heavy atom. The third-order valence-electron chi connectivity index (χ3n) is 5.77. The van der Waals surface area contributed by atoms with Crippen LogP contribution in [0.5, 0.6) is 0 Å². The average molecular weight is 663 g/mol. The summed E-state index contributed by atoms with van der Waals surface area (Å²) in [5.41, 5.74) is -1.04. The standard InChI is InChI=1S/C23H24Cl2F3IN2O3S/c1-2-35(33,34)21-6-5-16(24)8-15(21)11-30-22(32)14-9-19(23(26,27)28)18(20(25)10-14)13-31-7-3-4-17(29)12-31/h5-6,8-10,17H,2-4,7,11-13H2,1H3,(H,30,32)/t17-/m0/s1. The molecule has 0 aromatic heterocycles. The van der Waals surface area contributed by atoms with Gasteiger partial charge in [0.05, 0.1) is 16.2 Å². The van der Waals surface area contributed by atoms with Gasteiger partial charge in [0.1, 0.15) is 0 Å². The van der Waals surface area contributed by atoms with Gasteiger partial charge in [0.2, 0.25) is 0 Å². The maximum Gasteiger partial charge on any atom is 0.416 e. The van der Waals surface area contributed by atoms with E-state index in [4.69, 9.17) is 23.2 Å². The first kappa shape index (κ1) is 28.5. The van der Waals surface area contributed by atoms with Gasteiger partial charge in [-0.3, -0.25) is 9.69 Å². The van der Waals surface area contributed by atoms with Gasteiger partial charge in [-0.1, -0.05) is 52.7 Å². The molecule has 1 aliphatic heterocycles. The van der Waals surface area contributed by atoms with E-state index in [-0.39, 0.29) is 50.5 Å². The summed E-state index contributed by atoms with van der Waals surface area (Å²) >= 11 is 14.6. The first-order valence-corrected chi connectivity index (χ1v) is 14.5. The van der Waals surface area contributed by atoms with E-state index >= 15 is 0 Å². The monoisotopic (exact) mass is 662 g/mol. The summed E-state index contributed by atoms with van der Waals surface area (Å²) in [5.74, 6) is -0.967. The van der Waals surface area contributed by atoms with Gasteiger partial charge in [-0.05, 0) is 60.8 Å². The number of nitrogens with zero attached hydrogens (tertiary/aromatic N) is 1. The second-order valence-corrected chi connectivity index (χ2v) is 13.1. The van der Waals surface area contributed by atoms with Crippen LogP contribution in [0, 0.1) is 0 Å². The zero-order valence-corrected chi connectivity index (χ0v) is 23.2. The third kappa shape index (κ3) is 7.24. The van der Waals surface area contributed by atoms with Crippen LogP contribution in [-0.2, 0) is 29.1 Å². The normalized spacial score (nSPS) is 17.4. The first-order valence-electron chi connectivity index (χ1n) is 10.9. The number of benzene rings is 2.